The van der Waals surface area contributed by atoms with Gasteiger partial charge in [-0.25, -0.2) is 0 Å². The van der Waals surface area contributed by atoms with E-state index in [1.54, 1.807) is 24.3 Å². The van der Waals surface area contributed by atoms with E-state index in [2.05, 4.69) is 19.1 Å². The Kier molecular flexibility index (Phi) is 11.0. The van der Waals surface area contributed by atoms with Crippen molar-refractivity contribution in [2.75, 3.05) is 25.9 Å². The van der Waals surface area contributed by atoms with E-state index in [-0.39, 0.29) is 22.8 Å². The molecule has 4 nitrogen and oxygen atoms in total. The zero-order chi connectivity index (χ0) is 16.4. The van der Waals surface area contributed by atoms with Crippen LogP contribution in [-0.2, 0) is 6.54 Å². The molecule has 0 saturated heterocycles. The lowest BCUT2D eigenvalue weighted by molar-refractivity contribution is -0.903. The number of nitrogens with two attached hydrogens (primary N) is 1. The Labute approximate surface area is 148 Å². The summed E-state index contributed by atoms with van der Waals surface area (Å²) in [5.41, 5.74) is 8.32. The van der Waals surface area contributed by atoms with Crippen molar-refractivity contribution in [2.24, 2.45) is 0 Å². The molecular weight excluding hydrogens is 356 g/mol. The van der Waals surface area contributed by atoms with Crippen LogP contribution in [0.1, 0.15) is 22.8 Å². The molecule has 23 heavy (non-hydrogen) atoms. The molecule has 0 saturated carbocycles. The minimum atomic E-state index is 0. The molecule has 0 heterocycles. The lowest BCUT2D eigenvalue weighted by Gasteiger charge is -2.17. The van der Waals surface area contributed by atoms with Crippen LogP contribution in [-0.4, -0.2) is 26.0 Å². The number of nitrogen functional groups attached to an aromatic ring is 1. The molecule has 0 bridgehead atoms. The van der Waals surface area contributed by atoms with Gasteiger partial charge in [-0.05, 0) is 31.2 Å². The fraction of sp³-hybridized carbons (Fsp3) is 0.278. The summed E-state index contributed by atoms with van der Waals surface area (Å²) >= 11 is 0. The highest BCUT2D eigenvalue weighted by atomic mass is 79.9. The molecule has 0 aromatic heterocycles. The number of Topliss-reactive ketones (excluding diaryl/α,β-unsaturated/α-hetero) is 1. The number of likely N-dealkylation sites (N-methyl/N-ethyl adjacent to an activating group) is 1. The van der Waals surface area contributed by atoms with Gasteiger partial charge in [0.25, 0.3) is 0 Å². The molecule has 3 N–H and O–H groups in total. The van der Waals surface area contributed by atoms with E-state index < -0.39 is 0 Å². The first kappa shape index (κ1) is 21.3. The number of rotatable bonds is 6. The number of ketones is 1. The number of nitrogens with one attached hydrogen (secondary N) is 1. The maximum absolute atomic E-state index is 12.3. The second-order valence-electron chi connectivity index (χ2n) is 4.99. The van der Waals surface area contributed by atoms with Crippen LogP contribution in [0.3, 0.4) is 0 Å². The van der Waals surface area contributed by atoms with E-state index in [9.17, 15) is 4.79 Å². The van der Waals surface area contributed by atoms with Crippen molar-refractivity contribution in [3.8, 4) is 0 Å². The Bertz CT molecular complexity index is 559. The van der Waals surface area contributed by atoms with Crippen molar-refractivity contribution in [3.63, 3.8) is 0 Å². The van der Waals surface area contributed by atoms with Gasteiger partial charge >= 0.3 is 0 Å². The fourth-order valence-electron chi connectivity index (χ4n) is 2.20. The number of halogens is 1. The van der Waals surface area contributed by atoms with Crippen LogP contribution in [0.4, 0.5) is 5.69 Å². The molecule has 0 aliphatic heterocycles. The Morgan fingerprint density at radius 3 is 2.13 bits per heavy atom. The normalized spacial score (nSPS) is 10.7. The summed E-state index contributed by atoms with van der Waals surface area (Å²) in [4.78, 5) is 13.5. The predicted octanol–water partition coefficient (Wildman–Crippen LogP) is -2.46. The van der Waals surface area contributed by atoms with Crippen molar-refractivity contribution in [1.29, 1.82) is 0 Å². The molecule has 1 atom stereocenters. The van der Waals surface area contributed by atoms with Gasteiger partial charge in [0, 0.05) is 16.8 Å². The average Bonchev–Trinajstić information content (AvgIpc) is 2.57. The Morgan fingerprint density at radius 2 is 1.61 bits per heavy atom. The highest BCUT2D eigenvalue weighted by molar-refractivity contribution is 5.97. The van der Waals surface area contributed by atoms with Crippen LogP contribution in [0.5, 0.6) is 0 Å². The van der Waals surface area contributed by atoms with Crippen LogP contribution in [0.15, 0.2) is 54.6 Å². The smallest absolute Gasteiger partial charge is 0.216 e. The van der Waals surface area contributed by atoms with Crippen molar-refractivity contribution in [1.82, 2.24) is 0 Å². The number of carbonyl (C=O) groups excluding carboxylic acids is 1. The number of hydrogen-bond donors (Lipinski definition) is 2. The number of hydrogen-bond acceptors (Lipinski definition) is 3. The number of benzene rings is 2. The summed E-state index contributed by atoms with van der Waals surface area (Å²) in [6, 6.07) is 17.4. The van der Waals surface area contributed by atoms with Gasteiger partial charge in [0.05, 0.1) is 6.54 Å². The number of quaternary nitrogens is 1. The predicted molar refractivity (Wildman–Crippen MR) is 87.6 cm³/mol. The van der Waals surface area contributed by atoms with Gasteiger partial charge in [0.2, 0.25) is 5.78 Å². The van der Waals surface area contributed by atoms with Gasteiger partial charge in [-0.2, -0.15) is 7.11 Å². The van der Waals surface area contributed by atoms with E-state index in [1.807, 2.05) is 18.2 Å². The van der Waals surface area contributed by atoms with Gasteiger partial charge in [-0.3, -0.25) is 4.79 Å². The van der Waals surface area contributed by atoms with Crippen LogP contribution >= 0.6 is 0 Å². The van der Waals surface area contributed by atoms with Gasteiger partial charge in [0.1, 0.15) is 13.1 Å². The minimum Gasteiger partial charge on any atom is -1.00 e. The molecule has 0 aliphatic rings. The Balaban J connectivity index is 0.00000155. The van der Waals surface area contributed by atoms with E-state index in [0.29, 0.717) is 12.2 Å². The highest BCUT2D eigenvalue weighted by Crippen LogP contribution is 2.05. The van der Waals surface area contributed by atoms with E-state index in [0.717, 1.165) is 25.8 Å². The molecule has 0 aliphatic carbocycles. The number of anilines is 1. The van der Waals surface area contributed by atoms with Crippen LogP contribution in [0.2, 0.25) is 0 Å². The highest BCUT2D eigenvalue weighted by Gasteiger charge is 2.14. The van der Waals surface area contributed by atoms with Crippen LogP contribution in [0, 0.1) is 0 Å². The zero-order valence-corrected chi connectivity index (χ0v) is 15.2. The van der Waals surface area contributed by atoms with Crippen molar-refractivity contribution >= 4 is 11.5 Å². The first-order valence-electron chi connectivity index (χ1n) is 7.36. The zero-order valence-electron chi connectivity index (χ0n) is 13.6. The second-order valence-corrected chi connectivity index (χ2v) is 4.99. The topological polar surface area (TPSA) is 70.6 Å². The minimum absolute atomic E-state index is 0. The first-order chi connectivity index (χ1) is 10.7. The van der Waals surface area contributed by atoms with Crippen molar-refractivity contribution < 1.29 is 31.8 Å². The van der Waals surface area contributed by atoms with Gasteiger partial charge in [0.15, 0.2) is 0 Å². The van der Waals surface area contributed by atoms with Gasteiger partial charge < -0.3 is 32.7 Å². The van der Waals surface area contributed by atoms with E-state index in [4.69, 9.17) is 10.8 Å². The Morgan fingerprint density at radius 1 is 1.04 bits per heavy atom. The van der Waals surface area contributed by atoms with Crippen LogP contribution < -0.4 is 32.7 Å². The van der Waals surface area contributed by atoms with Gasteiger partial charge in [-0.1, -0.05) is 30.3 Å². The summed E-state index contributed by atoms with van der Waals surface area (Å²) < 4.78 is 0. The Hall–Kier alpha value is -1.69. The van der Waals surface area contributed by atoms with Crippen LogP contribution in [0.25, 0.3) is 0 Å². The maximum Gasteiger partial charge on any atom is 0.216 e. The summed E-state index contributed by atoms with van der Waals surface area (Å²) in [6.45, 7) is 4.41. The quantitative estimate of drug-likeness (QED) is 0.432. The number of carbonyl (C=O) groups is 1. The summed E-state index contributed by atoms with van der Waals surface area (Å²) in [5, 5.41) is 8.25. The third-order valence-electron chi connectivity index (χ3n) is 3.44. The summed E-state index contributed by atoms with van der Waals surface area (Å²) in [7, 11) is 0.750. The molecule has 0 fully saturated rings. The van der Waals surface area contributed by atoms with E-state index >= 15 is 0 Å². The lowest BCUT2D eigenvalue weighted by Crippen LogP contribution is -3.11. The van der Waals surface area contributed by atoms with Gasteiger partial charge in [-0.15, -0.1) is 0 Å². The SMILES string of the molecule is CC[NH+](CC(=O)c1ccc(N)cc1)Cc1ccccc1.C[O-].[Br-]. The monoisotopic (exact) mass is 379 g/mol. The van der Waals surface area contributed by atoms with Crippen molar-refractivity contribution in [2.45, 2.75) is 13.5 Å². The molecule has 2 rings (SSSR count). The maximum atomic E-state index is 12.3. The largest absolute Gasteiger partial charge is 1.00 e. The molecule has 5 heteroatoms. The lowest BCUT2D eigenvalue weighted by atomic mass is 10.1. The molecule has 0 radical (unpaired) electrons. The second kappa shape index (κ2) is 11.8. The standard InChI is InChI=1S/C17H20N2O.CH3O.BrH/c1-2-19(12-14-6-4-3-5-7-14)13-17(20)15-8-10-16(18)11-9-15;1-2;/h3-11H,2,12-13,18H2,1H3;1H3;1H/q;-1;. The average molecular weight is 380 g/mol. The third-order valence-corrected chi connectivity index (χ3v) is 3.44. The fourth-order valence-corrected chi connectivity index (χ4v) is 2.20. The molecule has 1 unspecified atom stereocenters. The molecule has 0 amide bonds. The molecule has 2 aromatic carbocycles. The molecule has 2 aromatic rings. The van der Waals surface area contributed by atoms with Crippen molar-refractivity contribution in [3.05, 3.63) is 65.7 Å². The first-order valence-corrected chi connectivity index (χ1v) is 7.36. The summed E-state index contributed by atoms with van der Waals surface area (Å²) in [6.07, 6.45) is 0. The third kappa shape index (κ3) is 7.41. The summed E-state index contributed by atoms with van der Waals surface area (Å²) in [5.74, 6) is 0.165. The van der Waals surface area contributed by atoms with E-state index in [1.165, 1.54) is 10.5 Å². The molecular formula is C18H24BrN2O2-. The molecule has 126 valence electrons. The molecule has 0 spiro atoms.